The number of halogens is 1. The molecular formula is C15H17BrN2O3. The van der Waals surface area contributed by atoms with Crippen molar-refractivity contribution < 1.29 is 14.3 Å². The van der Waals surface area contributed by atoms with Crippen LogP contribution in [0.3, 0.4) is 0 Å². The summed E-state index contributed by atoms with van der Waals surface area (Å²) in [4.78, 5) is 11.8. The largest absolute Gasteiger partial charge is 0.484 e. The number of hydrazone groups is 1. The fraction of sp³-hybridized carbons (Fsp3) is 0.467. The van der Waals surface area contributed by atoms with Crippen molar-refractivity contribution in [1.82, 2.24) is 5.01 Å². The van der Waals surface area contributed by atoms with Crippen LogP contribution in [-0.2, 0) is 9.53 Å². The average molecular weight is 353 g/mol. The zero-order chi connectivity index (χ0) is 14.9. The maximum atomic E-state index is 11.8. The normalized spacial score (nSPS) is 19.5. The third kappa shape index (κ3) is 2.90. The van der Waals surface area contributed by atoms with Gasteiger partial charge in [-0.05, 0) is 37.1 Å². The Kier molecular flexibility index (Phi) is 3.89. The molecule has 0 unspecified atom stereocenters. The first-order valence-electron chi connectivity index (χ1n) is 7.05. The van der Waals surface area contributed by atoms with Crippen LogP contribution in [0.4, 0.5) is 0 Å². The molecule has 1 heterocycles. The summed E-state index contributed by atoms with van der Waals surface area (Å²) in [5.74, 6) is 1.12. The van der Waals surface area contributed by atoms with Crippen LogP contribution in [0, 0.1) is 0 Å². The van der Waals surface area contributed by atoms with Crippen LogP contribution in [0.15, 0.2) is 33.8 Å². The first-order chi connectivity index (χ1) is 10.1. The molecule has 2 aliphatic rings. The Morgan fingerprint density at radius 3 is 2.67 bits per heavy atom. The van der Waals surface area contributed by atoms with E-state index in [4.69, 9.17) is 9.47 Å². The van der Waals surface area contributed by atoms with Crippen LogP contribution in [-0.4, -0.2) is 29.1 Å². The Morgan fingerprint density at radius 1 is 1.38 bits per heavy atom. The molecule has 112 valence electrons. The van der Waals surface area contributed by atoms with Crippen LogP contribution in [0.5, 0.6) is 5.75 Å². The third-order valence-electron chi connectivity index (χ3n) is 3.76. The summed E-state index contributed by atoms with van der Waals surface area (Å²) in [6.45, 7) is 1.75. The van der Waals surface area contributed by atoms with Crippen molar-refractivity contribution in [1.29, 1.82) is 0 Å². The minimum Gasteiger partial charge on any atom is -0.484 e. The van der Waals surface area contributed by atoms with Crippen molar-refractivity contribution in [2.24, 2.45) is 5.10 Å². The summed E-state index contributed by atoms with van der Waals surface area (Å²) in [5.41, 5.74) is -0.565. The van der Waals surface area contributed by atoms with Crippen LogP contribution in [0.25, 0.3) is 0 Å². The van der Waals surface area contributed by atoms with E-state index in [1.54, 1.807) is 0 Å². The Hall–Kier alpha value is -1.56. The molecule has 0 N–H and O–H groups in total. The summed E-state index contributed by atoms with van der Waals surface area (Å²) < 4.78 is 12.6. The maximum Gasteiger partial charge on any atom is 0.247 e. The Morgan fingerprint density at radius 2 is 2.05 bits per heavy atom. The number of nitrogens with zero attached hydrogens (tertiary/aromatic N) is 2. The topological polar surface area (TPSA) is 51.1 Å². The van der Waals surface area contributed by atoms with E-state index in [0.29, 0.717) is 5.90 Å². The van der Waals surface area contributed by atoms with Gasteiger partial charge in [0.1, 0.15) is 5.75 Å². The Balaban J connectivity index is 1.67. The summed E-state index contributed by atoms with van der Waals surface area (Å²) in [6.07, 6.45) is 3.77. The minimum atomic E-state index is -0.565. The standard InChI is InChI=1S/C15H17BrN2O3/c1-11(19)18-15(8-2-3-9-15)21-14(17-18)10-20-13-6-4-12(16)5-7-13/h4-7H,2-3,8-10H2,1H3. The number of carbonyl (C=O) groups is 1. The predicted octanol–water partition coefficient (Wildman–Crippen LogP) is 3.29. The predicted molar refractivity (Wildman–Crippen MR) is 81.9 cm³/mol. The fourth-order valence-corrected chi connectivity index (χ4v) is 3.08. The zero-order valence-electron chi connectivity index (χ0n) is 11.8. The fourth-order valence-electron chi connectivity index (χ4n) is 2.82. The number of hydrogen-bond donors (Lipinski definition) is 0. The van der Waals surface area contributed by atoms with Crippen molar-refractivity contribution in [3.05, 3.63) is 28.7 Å². The van der Waals surface area contributed by atoms with Crippen molar-refractivity contribution in [3.63, 3.8) is 0 Å². The van der Waals surface area contributed by atoms with Crippen LogP contribution in [0.2, 0.25) is 0 Å². The van der Waals surface area contributed by atoms with E-state index in [0.717, 1.165) is 35.9 Å². The van der Waals surface area contributed by atoms with E-state index in [1.807, 2.05) is 24.3 Å². The quantitative estimate of drug-likeness (QED) is 0.838. The number of ether oxygens (including phenoxy) is 2. The molecule has 6 heteroatoms. The molecule has 0 bridgehead atoms. The molecule has 1 aliphatic heterocycles. The molecule has 0 atom stereocenters. The van der Waals surface area contributed by atoms with Gasteiger partial charge in [0, 0.05) is 24.2 Å². The van der Waals surface area contributed by atoms with Crippen molar-refractivity contribution in [2.75, 3.05) is 6.61 Å². The highest BCUT2D eigenvalue weighted by atomic mass is 79.9. The van der Waals surface area contributed by atoms with Crippen LogP contribution >= 0.6 is 15.9 Å². The highest BCUT2D eigenvalue weighted by molar-refractivity contribution is 9.10. The number of carbonyl (C=O) groups excluding carboxylic acids is 1. The Labute approximate surface area is 132 Å². The molecule has 1 saturated carbocycles. The van der Waals surface area contributed by atoms with Gasteiger partial charge < -0.3 is 9.47 Å². The summed E-state index contributed by atoms with van der Waals surface area (Å²) in [6, 6.07) is 7.56. The molecular weight excluding hydrogens is 336 g/mol. The molecule has 1 fully saturated rings. The van der Waals surface area contributed by atoms with Crippen LogP contribution in [0.1, 0.15) is 32.6 Å². The lowest BCUT2D eigenvalue weighted by atomic mass is 10.1. The molecule has 0 aromatic heterocycles. The van der Waals surface area contributed by atoms with Gasteiger partial charge in [0.15, 0.2) is 6.61 Å². The molecule has 1 aliphatic carbocycles. The van der Waals surface area contributed by atoms with Gasteiger partial charge in [0.2, 0.25) is 17.5 Å². The van der Waals surface area contributed by atoms with Gasteiger partial charge in [-0.1, -0.05) is 15.9 Å². The van der Waals surface area contributed by atoms with Crippen LogP contribution < -0.4 is 4.74 Å². The number of amides is 1. The molecule has 5 nitrogen and oxygen atoms in total. The lowest BCUT2D eigenvalue weighted by Gasteiger charge is -2.29. The zero-order valence-corrected chi connectivity index (χ0v) is 13.4. The van der Waals surface area contributed by atoms with E-state index >= 15 is 0 Å². The maximum absolute atomic E-state index is 11.8. The van der Waals surface area contributed by atoms with E-state index in [2.05, 4.69) is 21.0 Å². The molecule has 0 saturated heterocycles. The molecule has 3 rings (SSSR count). The summed E-state index contributed by atoms with van der Waals surface area (Å²) in [7, 11) is 0. The van der Waals surface area contributed by atoms with Gasteiger partial charge in [-0.2, -0.15) is 5.01 Å². The molecule has 1 spiro atoms. The highest BCUT2D eigenvalue weighted by Gasteiger charge is 2.48. The van der Waals surface area contributed by atoms with Crippen molar-refractivity contribution in [2.45, 2.75) is 38.3 Å². The number of hydrogen-bond acceptors (Lipinski definition) is 4. The van der Waals surface area contributed by atoms with E-state index < -0.39 is 5.72 Å². The van der Waals surface area contributed by atoms with Gasteiger partial charge in [0.05, 0.1) is 0 Å². The average Bonchev–Trinajstić information content (AvgIpc) is 3.07. The Bertz CT molecular complexity index is 565. The van der Waals surface area contributed by atoms with Crippen molar-refractivity contribution >= 4 is 27.7 Å². The second-order valence-electron chi connectivity index (χ2n) is 5.32. The molecule has 21 heavy (non-hydrogen) atoms. The van der Waals surface area contributed by atoms with Gasteiger partial charge in [-0.3, -0.25) is 4.79 Å². The molecule has 1 aromatic rings. The van der Waals surface area contributed by atoms with Gasteiger partial charge in [-0.15, -0.1) is 5.10 Å². The first-order valence-corrected chi connectivity index (χ1v) is 7.84. The van der Waals surface area contributed by atoms with E-state index in [-0.39, 0.29) is 12.5 Å². The van der Waals surface area contributed by atoms with Crippen molar-refractivity contribution in [3.8, 4) is 5.75 Å². The first kappa shape index (κ1) is 14.4. The molecule has 1 aromatic carbocycles. The lowest BCUT2D eigenvalue weighted by molar-refractivity contribution is -0.146. The molecule has 1 amide bonds. The number of rotatable bonds is 3. The van der Waals surface area contributed by atoms with Gasteiger partial charge in [-0.25, -0.2) is 0 Å². The third-order valence-corrected chi connectivity index (χ3v) is 4.29. The second kappa shape index (κ2) is 5.67. The SMILES string of the molecule is CC(=O)N1N=C(COc2ccc(Br)cc2)OC12CCCC2. The number of benzene rings is 1. The molecule has 0 radical (unpaired) electrons. The second-order valence-corrected chi connectivity index (χ2v) is 6.24. The highest BCUT2D eigenvalue weighted by Crippen LogP contribution is 2.40. The van der Waals surface area contributed by atoms with Gasteiger partial charge >= 0.3 is 0 Å². The van der Waals surface area contributed by atoms with Gasteiger partial charge in [0.25, 0.3) is 0 Å². The monoisotopic (exact) mass is 352 g/mol. The lowest BCUT2D eigenvalue weighted by Crippen LogP contribution is -2.44. The van der Waals surface area contributed by atoms with E-state index in [1.165, 1.54) is 11.9 Å². The summed E-state index contributed by atoms with van der Waals surface area (Å²) in [5, 5.41) is 5.79. The minimum absolute atomic E-state index is 0.0875. The smallest absolute Gasteiger partial charge is 0.247 e. The van der Waals surface area contributed by atoms with E-state index in [9.17, 15) is 4.79 Å². The summed E-state index contributed by atoms with van der Waals surface area (Å²) >= 11 is 3.38.